The molecule has 0 unspecified atom stereocenters. The molecule has 6 nitrogen and oxygen atoms in total. The van der Waals surface area contributed by atoms with Crippen molar-refractivity contribution in [2.75, 3.05) is 18.1 Å². The first-order chi connectivity index (χ1) is 12.4. The third-order valence-corrected chi connectivity index (χ3v) is 6.79. The molecule has 26 heavy (non-hydrogen) atoms. The SMILES string of the molecule is CCOC(=O)[C@H](Cc1ccc(C(=O)O)c(C2SCCCS2)c1)NC(C)=O. The van der Waals surface area contributed by atoms with Crippen molar-refractivity contribution in [2.45, 2.75) is 37.3 Å². The largest absolute Gasteiger partial charge is 0.478 e. The molecule has 0 radical (unpaired) electrons. The van der Waals surface area contributed by atoms with Gasteiger partial charge in [-0.3, -0.25) is 4.79 Å². The van der Waals surface area contributed by atoms with Gasteiger partial charge in [-0.15, -0.1) is 23.5 Å². The average molecular weight is 398 g/mol. The molecule has 1 aromatic carbocycles. The molecule has 2 rings (SSSR count). The van der Waals surface area contributed by atoms with E-state index in [0.29, 0.717) is 0 Å². The lowest BCUT2D eigenvalue weighted by Crippen LogP contribution is -2.42. The highest BCUT2D eigenvalue weighted by Crippen LogP contribution is 2.45. The Morgan fingerprint density at radius 2 is 2.00 bits per heavy atom. The predicted octanol–water partition coefficient (Wildman–Crippen LogP) is 2.86. The van der Waals surface area contributed by atoms with E-state index in [1.54, 1.807) is 42.6 Å². The topological polar surface area (TPSA) is 92.7 Å². The summed E-state index contributed by atoms with van der Waals surface area (Å²) in [5.41, 5.74) is 1.84. The number of aromatic carboxylic acids is 1. The van der Waals surface area contributed by atoms with Gasteiger partial charge in [0.2, 0.25) is 5.91 Å². The molecule has 1 aromatic rings. The maximum atomic E-state index is 12.1. The van der Waals surface area contributed by atoms with E-state index < -0.39 is 18.0 Å². The molecule has 2 N–H and O–H groups in total. The Labute approximate surface area is 161 Å². The molecule has 0 aromatic heterocycles. The lowest BCUT2D eigenvalue weighted by atomic mass is 10.00. The number of carboxylic acid groups (broad SMARTS) is 1. The van der Waals surface area contributed by atoms with Crippen molar-refractivity contribution in [3.8, 4) is 0 Å². The Hall–Kier alpha value is -1.67. The van der Waals surface area contributed by atoms with E-state index in [-0.39, 0.29) is 29.1 Å². The third-order valence-electron chi connectivity index (χ3n) is 3.82. The van der Waals surface area contributed by atoms with Gasteiger partial charge in [0, 0.05) is 13.3 Å². The summed E-state index contributed by atoms with van der Waals surface area (Å²) in [6.45, 7) is 3.29. The molecule has 142 valence electrons. The van der Waals surface area contributed by atoms with Crippen LogP contribution < -0.4 is 5.32 Å². The van der Waals surface area contributed by atoms with E-state index in [2.05, 4.69) is 5.32 Å². The van der Waals surface area contributed by atoms with E-state index in [1.165, 1.54) is 6.92 Å². The van der Waals surface area contributed by atoms with Gasteiger partial charge in [0.1, 0.15) is 6.04 Å². The first kappa shape index (κ1) is 20.6. The van der Waals surface area contributed by atoms with Crippen LogP contribution in [0, 0.1) is 0 Å². The lowest BCUT2D eigenvalue weighted by Gasteiger charge is -2.24. The summed E-state index contributed by atoms with van der Waals surface area (Å²) in [6.07, 6.45) is 1.37. The second kappa shape index (κ2) is 9.87. The van der Waals surface area contributed by atoms with Crippen LogP contribution in [0.1, 0.15) is 46.3 Å². The first-order valence-electron chi connectivity index (χ1n) is 8.45. The standard InChI is InChI=1S/C18H23NO5S2/c1-3-24-17(23)15(19-11(2)20)10-12-5-6-13(16(21)22)14(9-12)18-25-7-4-8-26-18/h5-6,9,15,18H,3-4,7-8,10H2,1-2H3,(H,19,20)(H,21,22)/t15-/m0/s1. The summed E-state index contributed by atoms with van der Waals surface area (Å²) in [7, 11) is 0. The summed E-state index contributed by atoms with van der Waals surface area (Å²) in [4.78, 5) is 35.1. The number of thioether (sulfide) groups is 2. The quantitative estimate of drug-likeness (QED) is 0.684. The fourth-order valence-corrected chi connectivity index (χ4v) is 5.66. The Morgan fingerprint density at radius 3 is 2.58 bits per heavy atom. The van der Waals surface area contributed by atoms with Gasteiger partial charge in [-0.2, -0.15) is 0 Å². The van der Waals surface area contributed by atoms with Gasteiger partial charge in [0.25, 0.3) is 0 Å². The van der Waals surface area contributed by atoms with Gasteiger partial charge in [-0.1, -0.05) is 12.1 Å². The summed E-state index contributed by atoms with van der Waals surface area (Å²) < 4.78 is 5.10. The van der Waals surface area contributed by atoms with Gasteiger partial charge in [0.15, 0.2) is 0 Å². The third kappa shape index (κ3) is 5.67. The number of carbonyl (C=O) groups excluding carboxylic acids is 2. The number of rotatable bonds is 7. The molecular formula is C18H23NO5S2. The molecule has 1 fully saturated rings. The number of carbonyl (C=O) groups is 3. The van der Waals surface area contributed by atoms with Crippen LogP contribution in [0.15, 0.2) is 18.2 Å². The molecule has 0 spiro atoms. The maximum absolute atomic E-state index is 12.1. The number of amides is 1. The zero-order valence-corrected chi connectivity index (χ0v) is 16.5. The number of esters is 1. The highest BCUT2D eigenvalue weighted by molar-refractivity contribution is 8.16. The summed E-state index contributed by atoms with van der Waals surface area (Å²) in [5.74, 6) is 0.232. The van der Waals surface area contributed by atoms with E-state index in [0.717, 1.165) is 29.1 Å². The second-order valence-electron chi connectivity index (χ2n) is 5.86. The van der Waals surface area contributed by atoms with Crippen LogP contribution in [0.3, 0.4) is 0 Å². The second-order valence-corrected chi connectivity index (χ2v) is 8.59. The van der Waals surface area contributed by atoms with Crippen molar-refractivity contribution < 1.29 is 24.2 Å². The van der Waals surface area contributed by atoms with Crippen molar-refractivity contribution in [1.82, 2.24) is 5.32 Å². The Bertz CT molecular complexity index is 674. The molecule has 1 atom stereocenters. The minimum Gasteiger partial charge on any atom is -0.478 e. The van der Waals surface area contributed by atoms with Crippen molar-refractivity contribution in [3.05, 3.63) is 34.9 Å². The molecule has 1 saturated heterocycles. The molecule has 1 aliphatic heterocycles. The van der Waals surface area contributed by atoms with Crippen LogP contribution in [0.5, 0.6) is 0 Å². The Balaban J connectivity index is 2.28. The fraction of sp³-hybridized carbons (Fsp3) is 0.500. The number of benzene rings is 1. The van der Waals surface area contributed by atoms with E-state index in [1.807, 2.05) is 6.07 Å². The van der Waals surface area contributed by atoms with Gasteiger partial charge in [-0.05, 0) is 42.0 Å². The van der Waals surface area contributed by atoms with E-state index in [4.69, 9.17) is 4.74 Å². The summed E-state index contributed by atoms with van der Waals surface area (Å²) in [6, 6.07) is 4.33. The van der Waals surface area contributed by atoms with Crippen molar-refractivity contribution >= 4 is 41.4 Å². The first-order valence-corrected chi connectivity index (χ1v) is 10.5. The molecule has 1 aliphatic rings. The minimum atomic E-state index is -0.956. The molecule has 8 heteroatoms. The highest BCUT2D eigenvalue weighted by Gasteiger charge is 2.25. The monoisotopic (exact) mass is 397 g/mol. The van der Waals surface area contributed by atoms with Crippen LogP contribution in [0.2, 0.25) is 0 Å². The highest BCUT2D eigenvalue weighted by atomic mass is 32.2. The number of nitrogens with one attached hydrogen (secondary N) is 1. The number of ether oxygens (including phenoxy) is 1. The van der Waals surface area contributed by atoms with Crippen LogP contribution in [0.25, 0.3) is 0 Å². The number of hydrogen-bond acceptors (Lipinski definition) is 6. The fourth-order valence-electron chi connectivity index (χ4n) is 2.71. The van der Waals surface area contributed by atoms with E-state index in [9.17, 15) is 19.5 Å². The molecule has 1 heterocycles. The molecular weight excluding hydrogens is 374 g/mol. The normalized spacial score (nSPS) is 15.9. The van der Waals surface area contributed by atoms with E-state index >= 15 is 0 Å². The molecule has 0 saturated carbocycles. The lowest BCUT2D eigenvalue weighted by molar-refractivity contribution is -0.147. The van der Waals surface area contributed by atoms with Crippen LogP contribution in [-0.2, 0) is 20.7 Å². The van der Waals surface area contributed by atoms with Crippen molar-refractivity contribution in [2.24, 2.45) is 0 Å². The van der Waals surface area contributed by atoms with Crippen LogP contribution in [-0.4, -0.2) is 47.1 Å². The van der Waals surface area contributed by atoms with Gasteiger partial charge in [0.05, 0.1) is 16.8 Å². The van der Waals surface area contributed by atoms with Crippen LogP contribution in [0.4, 0.5) is 0 Å². The predicted molar refractivity (Wildman–Crippen MR) is 104 cm³/mol. The smallest absolute Gasteiger partial charge is 0.336 e. The minimum absolute atomic E-state index is 0.0663. The molecule has 1 amide bonds. The molecule has 0 aliphatic carbocycles. The summed E-state index contributed by atoms with van der Waals surface area (Å²) >= 11 is 3.48. The Morgan fingerprint density at radius 1 is 1.31 bits per heavy atom. The van der Waals surface area contributed by atoms with Crippen molar-refractivity contribution in [3.63, 3.8) is 0 Å². The number of carboxylic acids is 1. The maximum Gasteiger partial charge on any atom is 0.336 e. The number of hydrogen-bond donors (Lipinski definition) is 2. The van der Waals surface area contributed by atoms with Gasteiger partial charge < -0.3 is 15.2 Å². The molecule has 0 bridgehead atoms. The zero-order chi connectivity index (χ0) is 19.1. The Kier molecular flexibility index (Phi) is 7.84. The summed E-state index contributed by atoms with van der Waals surface area (Å²) in [5, 5.41) is 12.1. The average Bonchev–Trinajstić information content (AvgIpc) is 2.61. The van der Waals surface area contributed by atoms with Crippen LogP contribution >= 0.6 is 23.5 Å². The van der Waals surface area contributed by atoms with Gasteiger partial charge in [-0.25, -0.2) is 9.59 Å². The van der Waals surface area contributed by atoms with Gasteiger partial charge >= 0.3 is 11.9 Å². The zero-order valence-electron chi connectivity index (χ0n) is 14.8. The van der Waals surface area contributed by atoms with Crippen molar-refractivity contribution in [1.29, 1.82) is 0 Å².